The highest BCUT2D eigenvalue weighted by atomic mass is 32.1. The lowest BCUT2D eigenvalue weighted by Crippen LogP contribution is -2.40. The van der Waals surface area contributed by atoms with Gasteiger partial charge in [0.15, 0.2) is 11.5 Å². The number of nitrogens with one attached hydrogen (secondary N) is 1. The van der Waals surface area contributed by atoms with E-state index in [0.717, 1.165) is 37.5 Å². The lowest BCUT2D eigenvalue weighted by Gasteiger charge is -2.31. The van der Waals surface area contributed by atoms with Crippen LogP contribution in [0.15, 0.2) is 53.4 Å². The number of thiazole rings is 1. The monoisotopic (exact) mass is 467 g/mol. The van der Waals surface area contributed by atoms with E-state index in [4.69, 9.17) is 14.2 Å². The van der Waals surface area contributed by atoms with Crippen LogP contribution in [0.5, 0.6) is 11.5 Å². The van der Waals surface area contributed by atoms with Crippen molar-refractivity contribution in [2.75, 3.05) is 26.8 Å². The zero-order valence-corrected chi connectivity index (χ0v) is 19.8. The molecule has 0 bridgehead atoms. The second kappa shape index (κ2) is 11.3. The number of aromatic nitrogens is 1. The fourth-order valence-corrected chi connectivity index (χ4v) is 4.35. The van der Waals surface area contributed by atoms with E-state index >= 15 is 0 Å². The van der Waals surface area contributed by atoms with Gasteiger partial charge in [0.1, 0.15) is 6.61 Å². The molecule has 33 heavy (non-hydrogen) atoms. The lowest BCUT2D eigenvalue weighted by atomic mass is 10.1. The first kappa shape index (κ1) is 23.2. The van der Waals surface area contributed by atoms with Gasteiger partial charge in [-0.15, -0.1) is 11.3 Å². The number of amides is 1. The molecule has 1 amide bonds. The molecule has 7 nitrogen and oxygen atoms in total. The molecule has 174 valence electrons. The summed E-state index contributed by atoms with van der Waals surface area (Å²) < 4.78 is 16.8. The minimum absolute atomic E-state index is 0.160. The van der Waals surface area contributed by atoms with Crippen LogP contribution in [-0.4, -0.2) is 48.7 Å². The Morgan fingerprint density at radius 2 is 2.12 bits per heavy atom. The Balaban J connectivity index is 1.33. The molecule has 8 heteroatoms. The van der Waals surface area contributed by atoms with Crippen molar-refractivity contribution in [3.8, 4) is 11.5 Å². The maximum Gasteiger partial charge on any atom is 0.251 e. The molecule has 1 unspecified atom stereocenters. The molecule has 2 aromatic carbocycles. The molecule has 1 atom stereocenters. The van der Waals surface area contributed by atoms with Crippen LogP contribution in [0.2, 0.25) is 0 Å². The van der Waals surface area contributed by atoms with Crippen LogP contribution in [0, 0.1) is 0 Å². The van der Waals surface area contributed by atoms with E-state index in [2.05, 4.69) is 34.3 Å². The number of carbonyl (C=O) groups excluding carboxylic acids is 1. The number of methoxy groups -OCH3 is 1. The van der Waals surface area contributed by atoms with Gasteiger partial charge in [0, 0.05) is 37.1 Å². The Labute approximate surface area is 198 Å². The number of carbonyl (C=O) groups is 1. The first-order chi connectivity index (χ1) is 16.1. The smallest absolute Gasteiger partial charge is 0.251 e. The number of rotatable bonds is 9. The first-order valence-electron chi connectivity index (χ1n) is 11.0. The normalized spacial score (nSPS) is 16.4. The number of nitrogens with zero attached hydrogens (tertiary/aromatic N) is 2. The third-order valence-corrected chi connectivity index (χ3v) is 6.10. The van der Waals surface area contributed by atoms with Crippen LogP contribution >= 0.6 is 11.3 Å². The molecule has 1 saturated heterocycles. The molecule has 4 rings (SSSR count). The third kappa shape index (κ3) is 6.54. The quantitative estimate of drug-likeness (QED) is 0.515. The highest BCUT2D eigenvalue weighted by Crippen LogP contribution is 2.29. The van der Waals surface area contributed by atoms with Gasteiger partial charge in [-0.3, -0.25) is 9.69 Å². The van der Waals surface area contributed by atoms with Crippen LogP contribution in [0.1, 0.15) is 34.1 Å². The molecule has 2 heterocycles. The van der Waals surface area contributed by atoms with Crippen molar-refractivity contribution >= 4 is 17.2 Å². The zero-order chi connectivity index (χ0) is 23.0. The largest absolute Gasteiger partial charge is 0.493 e. The predicted octanol–water partition coefficient (Wildman–Crippen LogP) is 3.88. The molecule has 0 aliphatic carbocycles. The maximum atomic E-state index is 12.7. The van der Waals surface area contributed by atoms with Crippen LogP contribution in [-0.2, 0) is 24.4 Å². The fraction of sp³-hybridized carbons (Fsp3) is 0.360. The summed E-state index contributed by atoms with van der Waals surface area (Å²) in [5.41, 5.74) is 5.44. The second-order valence-electron chi connectivity index (χ2n) is 8.05. The fourth-order valence-electron chi connectivity index (χ4n) is 3.80. The summed E-state index contributed by atoms with van der Waals surface area (Å²) >= 11 is 1.52. The van der Waals surface area contributed by atoms with Crippen molar-refractivity contribution in [3.05, 3.63) is 75.7 Å². The van der Waals surface area contributed by atoms with Gasteiger partial charge in [0.05, 0.1) is 31.0 Å². The van der Waals surface area contributed by atoms with E-state index in [0.29, 0.717) is 30.2 Å². The minimum atomic E-state index is -0.160. The summed E-state index contributed by atoms with van der Waals surface area (Å²) in [6.45, 7) is 6.45. The summed E-state index contributed by atoms with van der Waals surface area (Å²) in [6, 6.07) is 13.5. The molecular weight excluding hydrogens is 438 g/mol. The highest BCUT2D eigenvalue weighted by Gasteiger charge is 2.17. The Morgan fingerprint density at radius 1 is 1.24 bits per heavy atom. The lowest BCUT2D eigenvalue weighted by molar-refractivity contribution is -0.0212. The van der Waals surface area contributed by atoms with Gasteiger partial charge in [-0.05, 0) is 36.2 Å². The molecule has 1 N–H and O–H groups in total. The zero-order valence-electron chi connectivity index (χ0n) is 19.0. The third-order valence-electron chi connectivity index (χ3n) is 5.46. The number of hydrogen-bond acceptors (Lipinski definition) is 7. The Morgan fingerprint density at radius 3 is 2.91 bits per heavy atom. The molecule has 0 saturated carbocycles. The Kier molecular flexibility index (Phi) is 7.93. The minimum Gasteiger partial charge on any atom is -0.493 e. The van der Waals surface area contributed by atoms with Crippen LogP contribution in [0.4, 0.5) is 0 Å². The standard InChI is InChI=1S/C25H29N3O4S/c1-18-13-28(8-9-31-18)14-20-5-3-4-19(10-20)12-26-25(29)21-6-7-23(24(11-21)30-2)32-15-22-16-33-17-27-22/h3-7,10-11,16-18H,8-9,12-15H2,1-2H3,(H,26,29). The van der Waals surface area contributed by atoms with Gasteiger partial charge in [-0.25, -0.2) is 4.98 Å². The molecule has 0 spiro atoms. The molecule has 1 aliphatic heterocycles. The second-order valence-corrected chi connectivity index (χ2v) is 8.77. The van der Waals surface area contributed by atoms with E-state index < -0.39 is 0 Å². The summed E-state index contributed by atoms with van der Waals surface area (Å²) in [5, 5.41) is 4.94. The van der Waals surface area contributed by atoms with Gasteiger partial charge >= 0.3 is 0 Å². The van der Waals surface area contributed by atoms with Crippen molar-refractivity contribution in [1.82, 2.24) is 15.2 Å². The number of ether oxygens (including phenoxy) is 3. The molecule has 1 fully saturated rings. The molecule has 1 aliphatic rings. The van der Waals surface area contributed by atoms with Gasteiger partial charge in [-0.1, -0.05) is 24.3 Å². The Bertz CT molecular complexity index is 1060. The predicted molar refractivity (Wildman–Crippen MR) is 128 cm³/mol. The van der Waals surface area contributed by atoms with E-state index in [1.165, 1.54) is 16.9 Å². The number of hydrogen-bond donors (Lipinski definition) is 1. The average molecular weight is 468 g/mol. The summed E-state index contributed by atoms with van der Waals surface area (Å²) in [7, 11) is 1.56. The van der Waals surface area contributed by atoms with Crippen molar-refractivity contribution in [2.24, 2.45) is 0 Å². The van der Waals surface area contributed by atoms with E-state index in [1.54, 1.807) is 30.8 Å². The number of benzene rings is 2. The molecular formula is C25H29N3O4S. The van der Waals surface area contributed by atoms with Crippen molar-refractivity contribution in [2.45, 2.75) is 32.7 Å². The average Bonchev–Trinajstić information content (AvgIpc) is 3.35. The van der Waals surface area contributed by atoms with E-state index in [-0.39, 0.29) is 12.0 Å². The molecule has 3 aromatic rings. The van der Waals surface area contributed by atoms with Gasteiger partial charge < -0.3 is 19.5 Å². The Hall–Kier alpha value is -2.94. The summed E-state index contributed by atoms with van der Waals surface area (Å²) in [4.78, 5) is 19.3. The van der Waals surface area contributed by atoms with Gasteiger partial charge in [0.2, 0.25) is 0 Å². The molecule has 0 radical (unpaired) electrons. The number of morpholine rings is 1. The molecule has 1 aromatic heterocycles. The van der Waals surface area contributed by atoms with Crippen molar-refractivity contribution < 1.29 is 19.0 Å². The van der Waals surface area contributed by atoms with Crippen molar-refractivity contribution in [3.63, 3.8) is 0 Å². The SMILES string of the molecule is COc1cc(C(=O)NCc2cccc(CN3CCOC(C)C3)c2)ccc1OCc1cscn1. The van der Waals surface area contributed by atoms with E-state index in [1.807, 2.05) is 17.5 Å². The van der Waals surface area contributed by atoms with Gasteiger partial charge in [-0.2, -0.15) is 0 Å². The first-order valence-corrected chi connectivity index (χ1v) is 11.9. The van der Waals surface area contributed by atoms with Crippen LogP contribution in [0.25, 0.3) is 0 Å². The maximum absolute atomic E-state index is 12.7. The topological polar surface area (TPSA) is 72.9 Å². The summed E-state index contributed by atoms with van der Waals surface area (Å²) in [5.74, 6) is 0.929. The van der Waals surface area contributed by atoms with Crippen molar-refractivity contribution in [1.29, 1.82) is 0 Å². The van der Waals surface area contributed by atoms with E-state index in [9.17, 15) is 4.79 Å². The van der Waals surface area contributed by atoms with Crippen LogP contribution in [0.3, 0.4) is 0 Å². The van der Waals surface area contributed by atoms with Crippen LogP contribution < -0.4 is 14.8 Å². The van der Waals surface area contributed by atoms with Gasteiger partial charge in [0.25, 0.3) is 5.91 Å². The highest BCUT2D eigenvalue weighted by molar-refractivity contribution is 7.07. The summed E-state index contributed by atoms with van der Waals surface area (Å²) in [6.07, 6.45) is 0.266.